The minimum absolute atomic E-state index is 0.148. The molecule has 1 aliphatic rings. The number of benzene rings is 3. The Labute approximate surface area is 196 Å². The van der Waals surface area contributed by atoms with E-state index < -0.39 is 0 Å². The Morgan fingerprint density at radius 2 is 1.15 bits per heavy atom. The van der Waals surface area contributed by atoms with Gasteiger partial charge in [0.05, 0.1) is 17.7 Å². The number of hydrogen-bond acceptors (Lipinski definition) is 3. The molecule has 33 heavy (non-hydrogen) atoms. The van der Waals surface area contributed by atoms with Crippen molar-refractivity contribution in [3.05, 3.63) is 90.0 Å². The zero-order valence-electron chi connectivity index (χ0n) is 19.0. The van der Waals surface area contributed by atoms with E-state index in [1.807, 2.05) is 30.3 Å². The number of ether oxygens (including phenoxy) is 1. The first-order valence-corrected chi connectivity index (χ1v) is 12.0. The zero-order valence-corrected chi connectivity index (χ0v) is 19.0. The lowest BCUT2D eigenvalue weighted by Gasteiger charge is -2.13. The van der Waals surface area contributed by atoms with E-state index in [0.717, 1.165) is 44.5 Å². The van der Waals surface area contributed by atoms with Gasteiger partial charge in [-0.05, 0) is 48.2 Å². The maximum absolute atomic E-state index is 12.4. The first kappa shape index (κ1) is 22.8. The van der Waals surface area contributed by atoms with E-state index in [4.69, 9.17) is 4.74 Å². The molecule has 0 unspecified atom stereocenters. The number of fused-ring (bicyclic) bond motifs is 1. The number of nitrogens with zero attached hydrogens (tertiary/aromatic N) is 1. The van der Waals surface area contributed by atoms with Gasteiger partial charge in [-0.3, -0.25) is 14.5 Å². The molecular weight excluding hydrogens is 410 g/mol. The van der Waals surface area contributed by atoms with E-state index in [2.05, 4.69) is 24.3 Å². The lowest BCUT2D eigenvalue weighted by Crippen LogP contribution is -2.30. The van der Waals surface area contributed by atoms with Crippen molar-refractivity contribution in [3.8, 4) is 16.9 Å². The minimum Gasteiger partial charge on any atom is -0.494 e. The maximum atomic E-state index is 12.4. The highest BCUT2D eigenvalue weighted by Gasteiger charge is 2.34. The highest BCUT2D eigenvalue weighted by Crippen LogP contribution is 2.24. The van der Waals surface area contributed by atoms with Gasteiger partial charge in [0.25, 0.3) is 11.8 Å². The first-order valence-electron chi connectivity index (χ1n) is 12.0. The molecule has 3 aromatic rings. The molecule has 0 bridgehead atoms. The van der Waals surface area contributed by atoms with Crippen LogP contribution in [-0.2, 0) is 0 Å². The van der Waals surface area contributed by atoms with E-state index in [1.54, 1.807) is 24.3 Å². The van der Waals surface area contributed by atoms with Crippen molar-refractivity contribution in [3.63, 3.8) is 0 Å². The molecule has 3 aromatic carbocycles. The molecule has 0 saturated heterocycles. The summed E-state index contributed by atoms with van der Waals surface area (Å²) < 4.78 is 5.95. The van der Waals surface area contributed by atoms with E-state index >= 15 is 0 Å². The summed E-state index contributed by atoms with van der Waals surface area (Å²) in [7, 11) is 0. The van der Waals surface area contributed by atoms with Crippen molar-refractivity contribution < 1.29 is 14.3 Å². The fraction of sp³-hybridized carbons (Fsp3) is 0.310. The third-order valence-electron chi connectivity index (χ3n) is 6.11. The highest BCUT2D eigenvalue weighted by atomic mass is 16.5. The van der Waals surface area contributed by atoms with Gasteiger partial charge in [-0.25, -0.2) is 0 Å². The molecule has 0 radical (unpaired) electrons. The maximum Gasteiger partial charge on any atom is 0.261 e. The molecule has 1 heterocycles. The second-order valence-corrected chi connectivity index (χ2v) is 8.52. The zero-order chi connectivity index (χ0) is 22.9. The monoisotopic (exact) mass is 441 g/mol. The summed E-state index contributed by atoms with van der Waals surface area (Å²) in [5.41, 5.74) is 3.45. The van der Waals surface area contributed by atoms with Gasteiger partial charge in [0.1, 0.15) is 5.75 Å². The number of carbonyl (C=O) groups excluding carboxylic acids is 2. The van der Waals surface area contributed by atoms with Gasteiger partial charge in [0.2, 0.25) is 0 Å². The average Bonchev–Trinajstić information content (AvgIpc) is 3.11. The summed E-state index contributed by atoms with van der Waals surface area (Å²) in [6, 6.07) is 25.7. The minimum atomic E-state index is -0.148. The molecule has 4 heteroatoms. The predicted octanol–water partition coefficient (Wildman–Crippen LogP) is 6.76. The van der Waals surface area contributed by atoms with Crippen LogP contribution in [0.3, 0.4) is 0 Å². The number of imide groups is 1. The van der Waals surface area contributed by atoms with Gasteiger partial charge >= 0.3 is 0 Å². The molecular formula is C29H31NO3. The molecule has 1 aliphatic heterocycles. The Bertz CT molecular complexity index is 1040. The van der Waals surface area contributed by atoms with Crippen molar-refractivity contribution in [2.45, 2.75) is 44.9 Å². The Hall–Kier alpha value is -3.40. The van der Waals surface area contributed by atoms with E-state index in [0.29, 0.717) is 17.7 Å². The Balaban J connectivity index is 1.06. The van der Waals surface area contributed by atoms with Gasteiger partial charge in [-0.1, -0.05) is 86.7 Å². The van der Waals surface area contributed by atoms with Gasteiger partial charge in [0, 0.05) is 6.54 Å². The summed E-state index contributed by atoms with van der Waals surface area (Å²) >= 11 is 0. The second kappa shape index (κ2) is 11.5. The van der Waals surface area contributed by atoms with E-state index in [1.165, 1.54) is 28.9 Å². The molecule has 0 saturated carbocycles. The molecule has 0 aliphatic carbocycles. The van der Waals surface area contributed by atoms with Crippen LogP contribution in [0.1, 0.15) is 65.7 Å². The van der Waals surface area contributed by atoms with Crippen LogP contribution in [0.15, 0.2) is 78.9 Å². The summed E-state index contributed by atoms with van der Waals surface area (Å²) in [5, 5.41) is 0. The molecule has 2 amide bonds. The number of amides is 2. The largest absolute Gasteiger partial charge is 0.494 e. The van der Waals surface area contributed by atoms with Crippen molar-refractivity contribution in [1.82, 2.24) is 4.90 Å². The van der Waals surface area contributed by atoms with Crippen LogP contribution >= 0.6 is 0 Å². The summed E-state index contributed by atoms with van der Waals surface area (Å²) in [6.07, 6.45) is 7.58. The standard InChI is InChI=1S/C29H31NO3/c31-28-26-18-9-10-19-27(26)29(32)30(28)20-11-4-2-1-3-5-12-21-33-25-17-13-16-24(22-25)23-14-7-6-8-15-23/h6-10,13-19,22H,1-5,11-12,20-21H2. The van der Waals surface area contributed by atoms with Crippen LogP contribution in [0.5, 0.6) is 5.75 Å². The molecule has 4 rings (SSSR count). The molecule has 0 aromatic heterocycles. The average molecular weight is 442 g/mol. The van der Waals surface area contributed by atoms with Crippen molar-refractivity contribution in [1.29, 1.82) is 0 Å². The Kier molecular flexibility index (Phi) is 7.91. The first-order chi connectivity index (χ1) is 16.2. The number of rotatable bonds is 12. The second-order valence-electron chi connectivity index (χ2n) is 8.52. The molecule has 0 fully saturated rings. The predicted molar refractivity (Wildman–Crippen MR) is 132 cm³/mol. The van der Waals surface area contributed by atoms with Crippen LogP contribution in [0, 0.1) is 0 Å². The van der Waals surface area contributed by atoms with Gasteiger partial charge in [-0.15, -0.1) is 0 Å². The molecule has 4 nitrogen and oxygen atoms in total. The normalized spacial score (nSPS) is 12.8. The number of unbranched alkanes of at least 4 members (excludes halogenated alkanes) is 6. The van der Waals surface area contributed by atoms with Crippen LogP contribution in [-0.4, -0.2) is 29.9 Å². The van der Waals surface area contributed by atoms with Crippen LogP contribution < -0.4 is 4.74 Å². The molecule has 0 spiro atoms. The van der Waals surface area contributed by atoms with Crippen LogP contribution in [0.25, 0.3) is 11.1 Å². The molecule has 0 N–H and O–H groups in total. The highest BCUT2D eigenvalue weighted by molar-refractivity contribution is 6.21. The van der Waals surface area contributed by atoms with E-state index in [9.17, 15) is 9.59 Å². The van der Waals surface area contributed by atoms with Gasteiger partial charge < -0.3 is 4.74 Å². The summed E-state index contributed by atoms with van der Waals surface area (Å²) in [4.78, 5) is 26.1. The third kappa shape index (κ3) is 5.89. The molecule has 170 valence electrons. The fourth-order valence-corrected chi connectivity index (χ4v) is 4.28. The fourth-order valence-electron chi connectivity index (χ4n) is 4.28. The van der Waals surface area contributed by atoms with Gasteiger partial charge in [-0.2, -0.15) is 0 Å². The van der Waals surface area contributed by atoms with E-state index in [-0.39, 0.29) is 11.8 Å². The quantitative estimate of drug-likeness (QED) is 0.230. The lowest BCUT2D eigenvalue weighted by atomic mass is 10.1. The third-order valence-corrected chi connectivity index (χ3v) is 6.11. The number of hydrogen-bond donors (Lipinski definition) is 0. The molecule has 0 atom stereocenters. The Morgan fingerprint density at radius 1 is 0.576 bits per heavy atom. The van der Waals surface area contributed by atoms with Crippen LogP contribution in [0.2, 0.25) is 0 Å². The number of carbonyl (C=O) groups is 2. The van der Waals surface area contributed by atoms with Crippen molar-refractivity contribution in [2.24, 2.45) is 0 Å². The lowest BCUT2D eigenvalue weighted by molar-refractivity contribution is 0.0651. The summed E-state index contributed by atoms with van der Waals surface area (Å²) in [6.45, 7) is 1.25. The van der Waals surface area contributed by atoms with Gasteiger partial charge in [0.15, 0.2) is 0 Å². The van der Waals surface area contributed by atoms with Crippen LogP contribution in [0.4, 0.5) is 0 Å². The summed E-state index contributed by atoms with van der Waals surface area (Å²) in [5.74, 6) is 0.624. The SMILES string of the molecule is O=C1c2ccccc2C(=O)N1CCCCCCCCCOc1cccc(-c2ccccc2)c1. The van der Waals surface area contributed by atoms with Crippen molar-refractivity contribution >= 4 is 11.8 Å². The topological polar surface area (TPSA) is 46.6 Å². The van der Waals surface area contributed by atoms with Crippen molar-refractivity contribution in [2.75, 3.05) is 13.2 Å². The Morgan fingerprint density at radius 3 is 1.85 bits per heavy atom. The smallest absolute Gasteiger partial charge is 0.261 e.